The molecule has 1 aromatic rings. The first-order valence-electron chi connectivity index (χ1n) is 5.82. The number of aromatic nitrogens is 2. The van der Waals surface area contributed by atoms with Crippen LogP contribution in [0, 0.1) is 5.92 Å². The summed E-state index contributed by atoms with van der Waals surface area (Å²) in [5, 5.41) is 16.2. The van der Waals surface area contributed by atoms with E-state index in [1.807, 2.05) is 20.8 Å². The van der Waals surface area contributed by atoms with Crippen molar-refractivity contribution in [2.24, 2.45) is 5.92 Å². The van der Waals surface area contributed by atoms with Gasteiger partial charge in [-0.15, -0.1) is 5.10 Å². The second-order valence-corrected chi connectivity index (χ2v) is 5.15. The number of carbonyl (C=O) groups excluding carboxylic acids is 1. The van der Waals surface area contributed by atoms with Gasteiger partial charge in [-0.1, -0.05) is 25.3 Å². The lowest BCUT2D eigenvalue weighted by atomic mass is 10.1. The molecule has 0 bridgehead atoms. The smallest absolute Gasteiger partial charge is 0.265 e. The minimum atomic E-state index is -0.495. The van der Waals surface area contributed by atoms with Crippen LogP contribution in [0.4, 0.5) is 0 Å². The van der Waals surface area contributed by atoms with E-state index in [9.17, 15) is 9.90 Å². The molecule has 0 aliphatic rings. The fraction of sp³-hybridized carbons (Fsp3) is 0.727. The number of aryl methyl sites for hydroxylation is 1. The van der Waals surface area contributed by atoms with E-state index in [1.54, 1.807) is 0 Å². The molecular weight excluding hydrogens is 238 g/mol. The summed E-state index contributed by atoms with van der Waals surface area (Å²) in [6.45, 7) is 6.28. The quantitative estimate of drug-likeness (QED) is 0.804. The SMILES string of the molecule is CCc1nnsc1C(=O)NCC(O)CC(C)C. The van der Waals surface area contributed by atoms with Crippen molar-refractivity contribution in [2.45, 2.75) is 39.7 Å². The van der Waals surface area contributed by atoms with Crippen LogP contribution in [0.25, 0.3) is 0 Å². The molecule has 0 saturated carbocycles. The molecule has 0 fully saturated rings. The standard InChI is InChI=1S/C11H19N3O2S/c1-4-9-10(17-14-13-9)11(16)12-6-8(15)5-7(2)3/h7-8,15H,4-6H2,1-3H3,(H,12,16). The van der Waals surface area contributed by atoms with E-state index < -0.39 is 6.10 Å². The fourth-order valence-electron chi connectivity index (χ4n) is 1.53. The summed E-state index contributed by atoms with van der Waals surface area (Å²) >= 11 is 1.09. The molecule has 5 nitrogen and oxygen atoms in total. The molecule has 1 atom stereocenters. The lowest BCUT2D eigenvalue weighted by Gasteiger charge is -2.13. The van der Waals surface area contributed by atoms with Crippen molar-refractivity contribution in [3.63, 3.8) is 0 Å². The first kappa shape index (κ1) is 14.1. The zero-order valence-electron chi connectivity index (χ0n) is 10.4. The molecule has 96 valence electrons. The van der Waals surface area contributed by atoms with Crippen molar-refractivity contribution in [2.75, 3.05) is 6.54 Å². The zero-order chi connectivity index (χ0) is 12.8. The third kappa shape index (κ3) is 4.40. The zero-order valence-corrected chi connectivity index (χ0v) is 11.3. The highest BCUT2D eigenvalue weighted by Crippen LogP contribution is 2.11. The van der Waals surface area contributed by atoms with E-state index in [0.29, 0.717) is 29.3 Å². The van der Waals surface area contributed by atoms with Gasteiger partial charge in [0, 0.05) is 6.54 Å². The third-order valence-electron chi connectivity index (χ3n) is 2.34. The lowest BCUT2D eigenvalue weighted by molar-refractivity contribution is 0.0903. The van der Waals surface area contributed by atoms with Gasteiger partial charge < -0.3 is 10.4 Å². The number of nitrogens with one attached hydrogen (secondary N) is 1. The maximum absolute atomic E-state index is 11.8. The highest BCUT2D eigenvalue weighted by molar-refractivity contribution is 7.08. The van der Waals surface area contributed by atoms with Crippen molar-refractivity contribution in [3.05, 3.63) is 10.6 Å². The van der Waals surface area contributed by atoms with Crippen LogP contribution in [-0.4, -0.2) is 33.2 Å². The molecule has 0 radical (unpaired) electrons. The molecule has 1 aromatic heterocycles. The summed E-state index contributed by atoms with van der Waals surface area (Å²) in [5.74, 6) is 0.220. The fourth-order valence-corrected chi connectivity index (χ4v) is 2.20. The van der Waals surface area contributed by atoms with E-state index in [4.69, 9.17) is 0 Å². The Morgan fingerprint density at radius 1 is 1.53 bits per heavy atom. The van der Waals surface area contributed by atoms with Crippen molar-refractivity contribution in [1.29, 1.82) is 0 Å². The molecule has 17 heavy (non-hydrogen) atoms. The molecule has 0 aliphatic heterocycles. The van der Waals surface area contributed by atoms with E-state index in [0.717, 1.165) is 11.5 Å². The Morgan fingerprint density at radius 2 is 2.24 bits per heavy atom. The number of aliphatic hydroxyl groups excluding tert-OH is 1. The van der Waals surface area contributed by atoms with Gasteiger partial charge in [0.25, 0.3) is 5.91 Å². The third-order valence-corrected chi connectivity index (χ3v) is 3.11. The number of amides is 1. The number of carbonyl (C=O) groups is 1. The normalized spacial score (nSPS) is 12.8. The van der Waals surface area contributed by atoms with Crippen molar-refractivity contribution >= 4 is 17.4 Å². The van der Waals surface area contributed by atoms with Crippen LogP contribution in [-0.2, 0) is 6.42 Å². The van der Waals surface area contributed by atoms with Gasteiger partial charge in [0.2, 0.25) is 0 Å². The van der Waals surface area contributed by atoms with Gasteiger partial charge in [0.05, 0.1) is 11.8 Å². The molecule has 1 rings (SSSR count). The Kier molecular flexibility index (Phi) is 5.50. The van der Waals surface area contributed by atoms with Gasteiger partial charge in [0.15, 0.2) is 0 Å². The van der Waals surface area contributed by atoms with Crippen molar-refractivity contribution in [1.82, 2.24) is 14.9 Å². The van der Waals surface area contributed by atoms with Crippen LogP contribution in [0.2, 0.25) is 0 Å². The van der Waals surface area contributed by atoms with E-state index in [2.05, 4.69) is 14.9 Å². The molecule has 0 saturated heterocycles. The van der Waals surface area contributed by atoms with Crippen LogP contribution in [0.5, 0.6) is 0 Å². The molecular formula is C11H19N3O2S. The Morgan fingerprint density at radius 3 is 2.82 bits per heavy atom. The number of aliphatic hydroxyl groups is 1. The topological polar surface area (TPSA) is 75.1 Å². The number of rotatable bonds is 6. The summed E-state index contributed by atoms with van der Waals surface area (Å²) in [5.41, 5.74) is 0.714. The van der Waals surface area contributed by atoms with Crippen LogP contribution in [0.1, 0.15) is 42.6 Å². The summed E-state index contributed by atoms with van der Waals surface area (Å²) in [6, 6.07) is 0. The van der Waals surface area contributed by atoms with Gasteiger partial charge >= 0.3 is 0 Å². The van der Waals surface area contributed by atoms with Gasteiger partial charge in [-0.05, 0) is 30.3 Å². The molecule has 2 N–H and O–H groups in total. The molecule has 1 amide bonds. The molecule has 0 spiro atoms. The largest absolute Gasteiger partial charge is 0.391 e. The Labute approximate surface area is 105 Å². The highest BCUT2D eigenvalue weighted by Gasteiger charge is 2.16. The first-order valence-corrected chi connectivity index (χ1v) is 6.59. The summed E-state index contributed by atoms with van der Waals surface area (Å²) in [4.78, 5) is 12.3. The molecule has 0 aromatic carbocycles. The van der Waals surface area contributed by atoms with Crippen LogP contribution in [0.15, 0.2) is 0 Å². The number of hydrogen-bond donors (Lipinski definition) is 2. The Balaban J connectivity index is 2.45. The minimum Gasteiger partial charge on any atom is -0.391 e. The Hall–Kier alpha value is -1.01. The predicted molar refractivity (Wildman–Crippen MR) is 67.1 cm³/mol. The van der Waals surface area contributed by atoms with Crippen LogP contribution >= 0.6 is 11.5 Å². The van der Waals surface area contributed by atoms with Crippen molar-refractivity contribution in [3.8, 4) is 0 Å². The van der Waals surface area contributed by atoms with Crippen molar-refractivity contribution < 1.29 is 9.90 Å². The van der Waals surface area contributed by atoms with E-state index in [-0.39, 0.29) is 12.5 Å². The summed E-state index contributed by atoms with van der Waals surface area (Å²) < 4.78 is 3.76. The molecule has 1 unspecified atom stereocenters. The molecule has 1 heterocycles. The van der Waals surface area contributed by atoms with Gasteiger partial charge in [-0.2, -0.15) is 0 Å². The number of nitrogens with zero attached hydrogens (tertiary/aromatic N) is 2. The second-order valence-electron chi connectivity index (χ2n) is 4.40. The maximum atomic E-state index is 11.8. The number of hydrogen-bond acceptors (Lipinski definition) is 5. The first-order chi connectivity index (χ1) is 8.04. The second kappa shape index (κ2) is 6.66. The molecule has 0 aliphatic carbocycles. The summed E-state index contributed by atoms with van der Waals surface area (Å²) in [7, 11) is 0. The monoisotopic (exact) mass is 257 g/mol. The Bertz CT molecular complexity index is 365. The van der Waals surface area contributed by atoms with E-state index >= 15 is 0 Å². The van der Waals surface area contributed by atoms with Gasteiger partial charge in [-0.3, -0.25) is 4.79 Å². The lowest BCUT2D eigenvalue weighted by Crippen LogP contribution is -2.32. The van der Waals surface area contributed by atoms with Gasteiger partial charge in [-0.25, -0.2) is 0 Å². The van der Waals surface area contributed by atoms with Crippen LogP contribution in [0.3, 0.4) is 0 Å². The average molecular weight is 257 g/mol. The minimum absolute atomic E-state index is 0.195. The summed E-state index contributed by atoms with van der Waals surface area (Å²) in [6.07, 6.45) is 0.875. The average Bonchev–Trinajstić information content (AvgIpc) is 2.72. The predicted octanol–water partition coefficient (Wildman–Crippen LogP) is 1.24. The highest BCUT2D eigenvalue weighted by atomic mass is 32.1. The van der Waals surface area contributed by atoms with Crippen LogP contribution < -0.4 is 5.32 Å². The van der Waals surface area contributed by atoms with Gasteiger partial charge in [0.1, 0.15) is 4.88 Å². The maximum Gasteiger partial charge on any atom is 0.265 e. The molecule has 6 heteroatoms. The van der Waals surface area contributed by atoms with E-state index in [1.165, 1.54) is 0 Å².